The number of carboxylic acid groups (broad SMARTS) is 2. The number of aliphatic carboxylic acids is 2. The van der Waals surface area contributed by atoms with Crippen LogP contribution >= 0.6 is 0 Å². The van der Waals surface area contributed by atoms with Gasteiger partial charge >= 0.3 is 30.8 Å². The van der Waals surface area contributed by atoms with Crippen molar-refractivity contribution in [2.24, 2.45) is 0 Å². The molecule has 0 radical (unpaired) electrons. The Balaban J connectivity index is -0.000000140. The van der Waals surface area contributed by atoms with Crippen LogP contribution in [0.3, 0.4) is 0 Å². The summed E-state index contributed by atoms with van der Waals surface area (Å²) in [5.41, 5.74) is 0. The third-order valence-corrected chi connectivity index (χ3v) is 0.302. The Labute approximate surface area is 77.8 Å². The SMILES string of the molecule is O=C(O)CC(=O)O.[CH2-]CC.[Li+]. The van der Waals surface area contributed by atoms with Gasteiger partial charge < -0.3 is 17.1 Å². The van der Waals surface area contributed by atoms with Crippen molar-refractivity contribution in [3.63, 3.8) is 0 Å². The molecular formula is C6H11LiO4. The van der Waals surface area contributed by atoms with Crippen molar-refractivity contribution in [1.29, 1.82) is 0 Å². The number of hydrogen-bond donors (Lipinski definition) is 2. The summed E-state index contributed by atoms with van der Waals surface area (Å²) in [5.74, 6) is -2.62. The predicted octanol–water partition coefficient (Wildman–Crippen LogP) is -2.22. The summed E-state index contributed by atoms with van der Waals surface area (Å²) in [4.78, 5) is 18.9. The molecule has 11 heavy (non-hydrogen) atoms. The van der Waals surface area contributed by atoms with Crippen LogP contribution in [0.25, 0.3) is 0 Å². The van der Waals surface area contributed by atoms with Gasteiger partial charge in [0, 0.05) is 0 Å². The fraction of sp³-hybridized carbons (Fsp3) is 0.500. The van der Waals surface area contributed by atoms with Crippen molar-refractivity contribution < 1.29 is 38.7 Å². The van der Waals surface area contributed by atoms with E-state index in [1.54, 1.807) is 0 Å². The summed E-state index contributed by atoms with van der Waals surface area (Å²) in [6, 6.07) is 0. The Morgan fingerprint density at radius 2 is 1.45 bits per heavy atom. The van der Waals surface area contributed by atoms with Gasteiger partial charge in [-0.25, -0.2) is 0 Å². The normalized spacial score (nSPS) is 6.73. The summed E-state index contributed by atoms with van der Waals surface area (Å²) in [7, 11) is 0. The zero-order valence-electron chi connectivity index (χ0n) is 6.83. The number of hydrogen-bond acceptors (Lipinski definition) is 2. The maximum Gasteiger partial charge on any atom is 1.00 e. The van der Waals surface area contributed by atoms with E-state index in [4.69, 9.17) is 10.2 Å². The third-order valence-electron chi connectivity index (χ3n) is 0.302. The van der Waals surface area contributed by atoms with Crippen LogP contribution in [-0.2, 0) is 9.59 Å². The minimum absolute atomic E-state index is 0. The van der Waals surface area contributed by atoms with Crippen LogP contribution < -0.4 is 18.9 Å². The molecule has 0 unspecified atom stereocenters. The molecule has 0 aliphatic heterocycles. The zero-order chi connectivity index (χ0) is 8.57. The van der Waals surface area contributed by atoms with Gasteiger partial charge in [0.2, 0.25) is 0 Å². The van der Waals surface area contributed by atoms with Crippen molar-refractivity contribution in [3.05, 3.63) is 6.92 Å². The molecule has 0 saturated carbocycles. The molecular weight excluding hydrogens is 143 g/mol. The standard InChI is InChI=1S/C3H4O4.C3H7.Li/c4-2(5)1-3(6)7;1-3-2;/h1H2,(H,4,5)(H,6,7);1,3H2,2H3;/q;-1;+1. The monoisotopic (exact) mass is 154 g/mol. The van der Waals surface area contributed by atoms with Gasteiger partial charge in [-0.15, -0.1) is 0 Å². The van der Waals surface area contributed by atoms with Gasteiger partial charge in [0.05, 0.1) is 0 Å². The van der Waals surface area contributed by atoms with E-state index >= 15 is 0 Å². The van der Waals surface area contributed by atoms with Gasteiger partial charge in [-0.1, -0.05) is 6.92 Å². The Hall–Kier alpha value is -0.463. The van der Waals surface area contributed by atoms with Crippen LogP contribution in [0.2, 0.25) is 0 Å². The second-order valence-electron chi connectivity index (χ2n) is 1.46. The first kappa shape index (κ1) is 16.9. The summed E-state index contributed by atoms with van der Waals surface area (Å²) >= 11 is 0. The van der Waals surface area contributed by atoms with E-state index in [0.717, 1.165) is 6.42 Å². The van der Waals surface area contributed by atoms with E-state index in [2.05, 4.69) is 6.92 Å². The van der Waals surface area contributed by atoms with Crippen LogP contribution in [0.15, 0.2) is 0 Å². The molecule has 0 aliphatic rings. The van der Waals surface area contributed by atoms with Crippen LogP contribution in [0.1, 0.15) is 19.8 Å². The first-order chi connectivity index (χ1) is 4.54. The molecule has 0 saturated heterocycles. The molecule has 0 amide bonds. The van der Waals surface area contributed by atoms with Gasteiger partial charge in [0.1, 0.15) is 6.42 Å². The minimum Gasteiger partial charge on any atom is -0.481 e. The van der Waals surface area contributed by atoms with E-state index in [1.165, 1.54) is 0 Å². The third kappa shape index (κ3) is 43.3. The molecule has 0 aromatic heterocycles. The quantitative estimate of drug-likeness (QED) is 0.268. The predicted molar refractivity (Wildman–Crippen MR) is 35.5 cm³/mol. The van der Waals surface area contributed by atoms with E-state index in [-0.39, 0.29) is 18.9 Å². The summed E-state index contributed by atoms with van der Waals surface area (Å²) < 4.78 is 0. The van der Waals surface area contributed by atoms with Crippen LogP contribution in [0.5, 0.6) is 0 Å². The van der Waals surface area contributed by atoms with Crippen LogP contribution in [-0.4, -0.2) is 22.2 Å². The van der Waals surface area contributed by atoms with Crippen molar-refractivity contribution in [2.75, 3.05) is 0 Å². The molecule has 2 N–H and O–H groups in total. The van der Waals surface area contributed by atoms with Crippen molar-refractivity contribution in [1.82, 2.24) is 0 Å². The molecule has 0 fully saturated rings. The van der Waals surface area contributed by atoms with Gasteiger partial charge in [0.15, 0.2) is 0 Å². The summed E-state index contributed by atoms with van der Waals surface area (Å²) in [6.07, 6.45) is 0.194. The Morgan fingerprint density at radius 1 is 1.27 bits per heavy atom. The van der Waals surface area contributed by atoms with E-state index < -0.39 is 18.4 Å². The van der Waals surface area contributed by atoms with Crippen molar-refractivity contribution >= 4 is 11.9 Å². The average Bonchev–Trinajstić information content (AvgIpc) is 1.62. The Morgan fingerprint density at radius 3 is 1.45 bits per heavy atom. The number of carbonyl (C=O) groups is 2. The summed E-state index contributed by atoms with van der Waals surface area (Å²) in [5, 5.41) is 15.4. The Bertz CT molecular complexity index is 101. The Kier molecular flexibility index (Phi) is 18.8. The van der Waals surface area contributed by atoms with Gasteiger partial charge in [-0.3, -0.25) is 9.59 Å². The number of rotatable bonds is 2. The fourth-order valence-electron chi connectivity index (χ4n) is 0.129. The minimum atomic E-state index is -1.31. The molecule has 0 aliphatic carbocycles. The molecule has 0 rings (SSSR count). The molecule has 0 bridgehead atoms. The largest absolute Gasteiger partial charge is 1.00 e. The van der Waals surface area contributed by atoms with Gasteiger partial charge in [-0.2, -0.15) is 6.42 Å². The maximum absolute atomic E-state index is 9.43. The van der Waals surface area contributed by atoms with Crippen LogP contribution in [0.4, 0.5) is 0 Å². The maximum atomic E-state index is 9.43. The van der Waals surface area contributed by atoms with E-state index in [0.29, 0.717) is 0 Å². The van der Waals surface area contributed by atoms with Crippen molar-refractivity contribution in [3.8, 4) is 0 Å². The zero-order valence-corrected chi connectivity index (χ0v) is 6.83. The molecule has 5 heteroatoms. The van der Waals surface area contributed by atoms with Crippen LogP contribution in [0, 0.1) is 6.92 Å². The van der Waals surface area contributed by atoms with E-state index in [9.17, 15) is 9.59 Å². The second kappa shape index (κ2) is 12.2. The topological polar surface area (TPSA) is 74.6 Å². The molecule has 4 nitrogen and oxygen atoms in total. The summed E-state index contributed by atoms with van der Waals surface area (Å²) in [6.45, 7) is 5.50. The fourth-order valence-corrected chi connectivity index (χ4v) is 0.129. The van der Waals surface area contributed by atoms with E-state index in [1.807, 2.05) is 6.92 Å². The van der Waals surface area contributed by atoms with Gasteiger partial charge in [0.25, 0.3) is 0 Å². The van der Waals surface area contributed by atoms with Gasteiger partial charge in [-0.05, 0) is 0 Å². The number of carboxylic acids is 2. The average molecular weight is 154 g/mol. The molecule has 0 atom stereocenters. The molecule has 0 spiro atoms. The second-order valence-corrected chi connectivity index (χ2v) is 1.46. The molecule has 0 aromatic carbocycles. The van der Waals surface area contributed by atoms with Crippen molar-refractivity contribution in [2.45, 2.75) is 19.8 Å². The first-order valence-corrected chi connectivity index (χ1v) is 2.77. The molecule has 0 heterocycles. The molecule has 60 valence electrons. The first-order valence-electron chi connectivity index (χ1n) is 2.77. The molecule has 0 aromatic rings. The smallest absolute Gasteiger partial charge is 0.481 e.